The van der Waals surface area contributed by atoms with Gasteiger partial charge in [0.2, 0.25) is 0 Å². The van der Waals surface area contributed by atoms with Gasteiger partial charge >= 0.3 is 5.97 Å². The van der Waals surface area contributed by atoms with Crippen molar-refractivity contribution in [1.29, 1.82) is 0 Å². The maximum atomic E-state index is 11.3. The number of methoxy groups -OCH3 is 1. The minimum atomic E-state index is -0.297. The summed E-state index contributed by atoms with van der Waals surface area (Å²) < 4.78 is 6.47. The molecule has 0 bridgehead atoms. The molecule has 0 unspecified atom stereocenters. The van der Waals surface area contributed by atoms with Crippen molar-refractivity contribution in [1.82, 2.24) is 0 Å². The predicted molar refractivity (Wildman–Crippen MR) is 62.9 cm³/mol. The zero-order valence-electron chi connectivity index (χ0n) is 7.23. The molecule has 13 heavy (non-hydrogen) atoms. The summed E-state index contributed by atoms with van der Waals surface area (Å²) in [7, 11) is 1.38. The molecule has 0 radical (unpaired) electrons. The van der Waals surface area contributed by atoms with Crippen LogP contribution in [0.2, 0.25) is 0 Å². The van der Waals surface area contributed by atoms with Gasteiger partial charge in [0, 0.05) is 8.04 Å². The van der Waals surface area contributed by atoms with Crippen molar-refractivity contribution < 1.29 is 9.53 Å². The normalized spacial score (nSPS) is 9.85. The fourth-order valence-corrected chi connectivity index (χ4v) is 2.09. The number of esters is 1. The average molecular weight is 355 g/mol. The number of rotatable bonds is 1. The number of hydrogen-bond acceptors (Lipinski definition) is 2. The number of halogens is 2. The molecule has 0 aliphatic heterocycles. The molecule has 70 valence electrons. The molecule has 0 saturated heterocycles. The number of hydrogen-bond donors (Lipinski definition) is 0. The third kappa shape index (κ3) is 2.43. The van der Waals surface area contributed by atoms with Gasteiger partial charge in [0.25, 0.3) is 0 Å². The van der Waals surface area contributed by atoms with Crippen molar-refractivity contribution in [3.8, 4) is 0 Å². The summed E-state index contributed by atoms with van der Waals surface area (Å²) in [6.45, 7) is 1.94. The molecule has 0 aromatic heterocycles. The van der Waals surface area contributed by atoms with E-state index in [4.69, 9.17) is 0 Å². The summed E-state index contributed by atoms with van der Waals surface area (Å²) >= 11 is 5.49. The van der Waals surface area contributed by atoms with Crippen LogP contribution in [0.5, 0.6) is 0 Å². The molecule has 0 aliphatic rings. The lowest BCUT2D eigenvalue weighted by molar-refractivity contribution is 0.0599. The molecule has 0 heterocycles. The summed E-state index contributed by atoms with van der Waals surface area (Å²) in [6.07, 6.45) is 0. The lowest BCUT2D eigenvalue weighted by atomic mass is 10.1. The summed E-state index contributed by atoms with van der Waals surface area (Å²) in [4.78, 5) is 11.3. The maximum absolute atomic E-state index is 11.3. The van der Waals surface area contributed by atoms with Crippen LogP contribution in [-0.4, -0.2) is 13.1 Å². The van der Waals surface area contributed by atoms with Gasteiger partial charge in [-0.25, -0.2) is 4.79 Å². The third-order valence-corrected chi connectivity index (χ3v) is 4.11. The number of carbonyl (C=O) groups is 1. The van der Waals surface area contributed by atoms with Crippen molar-refractivity contribution in [2.75, 3.05) is 7.11 Å². The Hall–Kier alpha value is -0.100. The van der Waals surface area contributed by atoms with Gasteiger partial charge < -0.3 is 4.74 Å². The highest BCUT2D eigenvalue weighted by Crippen LogP contribution is 2.24. The molecule has 0 fully saturated rings. The van der Waals surface area contributed by atoms with Gasteiger partial charge in [0.15, 0.2) is 0 Å². The Morgan fingerprint density at radius 2 is 2.15 bits per heavy atom. The molecule has 0 atom stereocenters. The zero-order chi connectivity index (χ0) is 10.0. The summed E-state index contributed by atoms with van der Waals surface area (Å²) in [6, 6.07) is 3.78. The van der Waals surface area contributed by atoms with Crippen LogP contribution in [-0.2, 0) is 4.74 Å². The lowest BCUT2D eigenvalue weighted by Crippen LogP contribution is -2.04. The standard InChI is InChI=1S/C9H8BrIO2/c1-5-3-6(9(12)13-2)8(11)7(10)4-5/h3-4H,1-2H3. The van der Waals surface area contributed by atoms with Crippen LogP contribution in [0.3, 0.4) is 0 Å². The topological polar surface area (TPSA) is 26.3 Å². The van der Waals surface area contributed by atoms with E-state index in [0.29, 0.717) is 5.56 Å². The highest BCUT2D eigenvalue weighted by Gasteiger charge is 2.12. The highest BCUT2D eigenvalue weighted by molar-refractivity contribution is 14.1. The molecule has 0 amide bonds. The van der Waals surface area contributed by atoms with E-state index >= 15 is 0 Å². The second kappa shape index (κ2) is 4.41. The van der Waals surface area contributed by atoms with Gasteiger partial charge in [0.1, 0.15) is 0 Å². The van der Waals surface area contributed by atoms with Gasteiger partial charge in [0.05, 0.1) is 12.7 Å². The van der Waals surface area contributed by atoms with E-state index in [1.165, 1.54) is 7.11 Å². The molecule has 1 aromatic rings. The summed E-state index contributed by atoms with van der Waals surface area (Å²) in [5.41, 5.74) is 1.64. The first-order valence-corrected chi connectivity index (χ1v) is 5.47. The monoisotopic (exact) mass is 354 g/mol. The molecule has 2 nitrogen and oxygen atoms in total. The second-order valence-corrected chi connectivity index (χ2v) is 4.53. The smallest absolute Gasteiger partial charge is 0.338 e. The molecule has 0 aliphatic carbocycles. The molecule has 1 rings (SSSR count). The van der Waals surface area contributed by atoms with E-state index in [1.807, 2.05) is 19.1 Å². The van der Waals surface area contributed by atoms with Gasteiger partial charge in [-0.1, -0.05) is 0 Å². The first-order chi connectivity index (χ1) is 6.06. The fourth-order valence-electron chi connectivity index (χ4n) is 0.983. The molecule has 0 saturated carbocycles. The first-order valence-electron chi connectivity index (χ1n) is 3.60. The van der Waals surface area contributed by atoms with Crippen molar-refractivity contribution in [2.45, 2.75) is 6.92 Å². The Bertz CT molecular complexity index is 350. The summed E-state index contributed by atoms with van der Waals surface area (Å²) in [5, 5.41) is 0. The van der Waals surface area contributed by atoms with Crippen LogP contribution in [0.25, 0.3) is 0 Å². The van der Waals surface area contributed by atoms with Crippen LogP contribution in [0.1, 0.15) is 15.9 Å². The molecule has 1 aromatic carbocycles. The molecule has 4 heteroatoms. The quantitative estimate of drug-likeness (QED) is 0.572. The molecule has 0 spiro atoms. The van der Waals surface area contributed by atoms with Gasteiger partial charge in [-0.2, -0.15) is 0 Å². The van der Waals surface area contributed by atoms with Gasteiger partial charge in [-0.3, -0.25) is 0 Å². The van der Waals surface area contributed by atoms with Crippen LogP contribution in [0.4, 0.5) is 0 Å². The van der Waals surface area contributed by atoms with Crippen molar-refractivity contribution in [3.05, 3.63) is 31.3 Å². The largest absolute Gasteiger partial charge is 0.465 e. The van der Waals surface area contributed by atoms with Crippen LogP contribution in [0, 0.1) is 10.5 Å². The fraction of sp³-hybridized carbons (Fsp3) is 0.222. The highest BCUT2D eigenvalue weighted by atomic mass is 127. The molecular weight excluding hydrogens is 347 g/mol. The van der Waals surface area contributed by atoms with Crippen molar-refractivity contribution in [2.24, 2.45) is 0 Å². The number of aryl methyl sites for hydroxylation is 1. The zero-order valence-corrected chi connectivity index (χ0v) is 11.0. The molecule has 0 N–H and O–H groups in total. The second-order valence-electron chi connectivity index (χ2n) is 2.60. The Balaban J connectivity index is 3.28. The minimum absolute atomic E-state index is 0.297. The van der Waals surface area contributed by atoms with Crippen molar-refractivity contribution in [3.63, 3.8) is 0 Å². The van der Waals surface area contributed by atoms with E-state index in [9.17, 15) is 4.79 Å². The SMILES string of the molecule is COC(=O)c1cc(C)cc(Br)c1I. The van der Waals surface area contributed by atoms with E-state index in [0.717, 1.165) is 13.6 Å². The minimum Gasteiger partial charge on any atom is -0.465 e. The number of carbonyl (C=O) groups excluding carboxylic acids is 1. The Labute approximate surface area is 98.9 Å². The van der Waals surface area contributed by atoms with E-state index < -0.39 is 0 Å². The van der Waals surface area contributed by atoms with E-state index in [-0.39, 0.29) is 5.97 Å². The van der Waals surface area contributed by atoms with Gasteiger partial charge in [-0.15, -0.1) is 0 Å². The maximum Gasteiger partial charge on any atom is 0.338 e. The van der Waals surface area contributed by atoms with Crippen LogP contribution in [0.15, 0.2) is 16.6 Å². The number of ether oxygens (including phenoxy) is 1. The number of benzene rings is 1. The average Bonchev–Trinajstić information content (AvgIpc) is 2.10. The Kier molecular flexibility index (Phi) is 3.73. The van der Waals surface area contributed by atoms with Crippen LogP contribution < -0.4 is 0 Å². The van der Waals surface area contributed by atoms with E-state index in [1.54, 1.807) is 0 Å². The first kappa shape index (κ1) is 11.0. The third-order valence-electron chi connectivity index (χ3n) is 1.58. The Morgan fingerprint density at radius 1 is 1.54 bits per heavy atom. The van der Waals surface area contributed by atoms with Crippen molar-refractivity contribution >= 4 is 44.5 Å². The molecular formula is C9H8BrIO2. The predicted octanol–water partition coefficient (Wildman–Crippen LogP) is 3.15. The lowest BCUT2D eigenvalue weighted by Gasteiger charge is -2.05. The Morgan fingerprint density at radius 3 is 2.69 bits per heavy atom. The van der Waals surface area contributed by atoms with E-state index in [2.05, 4.69) is 43.3 Å². The van der Waals surface area contributed by atoms with Gasteiger partial charge in [-0.05, 0) is 63.1 Å². The van der Waals surface area contributed by atoms with Crippen LogP contribution >= 0.6 is 38.5 Å². The summed E-state index contributed by atoms with van der Waals surface area (Å²) in [5.74, 6) is -0.297.